The van der Waals surface area contributed by atoms with Crippen molar-refractivity contribution < 1.29 is 28.5 Å². The van der Waals surface area contributed by atoms with Gasteiger partial charge in [-0.15, -0.1) is 0 Å². The van der Waals surface area contributed by atoms with E-state index in [9.17, 15) is 4.79 Å². The Morgan fingerprint density at radius 3 is 1.98 bits per heavy atom. The summed E-state index contributed by atoms with van der Waals surface area (Å²) in [6.45, 7) is 1.36. The van der Waals surface area contributed by atoms with Gasteiger partial charge < -0.3 is 23.7 Å². The minimum Gasteiger partial charge on any atom is -0.493 e. The number of benzene rings is 4. The van der Waals surface area contributed by atoms with E-state index >= 15 is 0 Å². The van der Waals surface area contributed by atoms with Crippen molar-refractivity contribution in [2.24, 2.45) is 0 Å². The third-order valence-corrected chi connectivity index (χ3v) is 7.24. The third-order valence-electron chi connectivity index (χ3n) is 7.24. The SMILES string of the molecule is COC(=O)N1CCc2cc(OCc3ccccc3)c(OC)cc2C1/C=C/c1ccc(OC)c(OCc2ccccc2)c1. The molecule has 1 atom stereocenters. The lowest BCUT2D eigenvalue weighted by atomic mass is 9.91. The molecular formula is C35H35NO6. The van der Waals surface area contributed by atoms with Crippen molar-refractivity contribution in [2.45, 2.75) is 25.7 Å². The molecule has 4 aromatic carbocycles. The van der Waals surface area contributed by atoms with Crippen molar-refractivity contribution in [3.63, 3.8) is 0 Å². The molecule has 0 N–H and O–H groups in total. The first-order valence-corrected chi connectivity index (χ1v) is 13.8. The Hall–Kier alpha value is -4.91. The van der Waals surface area contributed by atoms with Crippen LogP contribution in [0, 0.1) is 0 Å². The number of fused-ring (bicyclic) bond motifs is 1. The molecule has 0 radical (unpaired) electrons. The van der Waals surface area contributed by atoms with Gasteiger partial charge in [-0.05, 0) is 58.5 Å². The number of hydrogen-bond donors (Lipinski definition) is 0. The number of amides is 1. The lowest BCUT2D eigenvalue weighted by Gasteiger charge is -2.35. The summed E-state index contributed by atoms with van der Waals surface area (Å²) in [6.07, 6.45) is 4.26. The molecule has 216 valence electrons. The second-order valence-corrected chi connectivity index (χ2v) is 9.88. The van der Waals surface area contributed by atoms with E-state index in [0.29, 0.717) is 49.2 Å². The zero-order valence-electron chi connectivity index (χ0n) is 24.1. The largest absolute Gasteiger partial charge is 0.493 e. The number of methoxy groups -OCH3 is 3. The topological polar surface area (TPSA) is 66.5 Å². The maximum Gasteiger partial charge on any atom is 0.410 e. The summed E-state index contributed by atoms with van der Waals surface area (Å²) in [7, 11) is 4.65. The minimum atomic E-state index is -0.389. The van der Waals surface area contributed by atoms with Crippen molar-refractivity contribution in [2.75, 3.05) is 27.9 Å². The van der Waals surface area contributed by atoms with Crippen molar-refractivity contribution in [1.82, 2.24) is 4.90 Å². The van der Waals surface area contributed by atoms with Crippen LogP contribution in [0.5, 0.6) is 23.0 Å². The lowest BCUT2D eigenvalue weighted by molar-refractivity contribution is 0.110. The highest BCUT2D eigenvalue weighted by atomic mass is 16.5. The Labute approximate surface area is 246 Å². The average molecular weight is 566 g/mol. The van der Waals surface area contributed by atoms with Crippen molar-refractivity contribution >= 4 is 12.2 Å². The Balaban J connectivity index is 1.42. The fourth-order valence-corrected chi connectivity index (χ4v) is 5.04. The van der Waals surface area contributed by atoms with E-state index in [1.165, 1.54) is 7.11 Å². The predicted octanol–water partition coefficient (Wildman–Crippen LogP) is 7.24. The van der Waals surface area contributed by atoms with Crippen LogP contribution in [-0.2, 0) is 24.4 Å². The van der Waals surface area contributed by atoms with E-state index in [2.05, 4.69) is 0 Å². The molecule has 5 rings (SSSR count). The van der Waals surface area contributed by atoms with Gasteiger partial charge in [0, 0.05) is 6.54 Å². The van der Waals surface area contributed by atoms with E-state index in [1.807, 2.05) is 103 Å². The molecule has 7 heteroatoms. The van der Waals surface area contributed by atoms with Crippen LogP contribution in [0.1, 0.15) is 33.9 Å². The maximum atomic E-state index is 12.8. The number of carbonyl (C=O) groups is 1. The number of ether oxygens (including phenoxy) is 5. The molecular weight excluding hydrogens is 530 g/mol. The number of nitrogens with zero attached hydrogens (tertiary/aromatic N) is 1. The van der Waals surface area contributed by atoms with Crippen LogP contribution in [0.4, 0.5) is 4.79 Å². The summed E-state index contributed by atoms with van der Waals surface area (Å²) in [6, 6.07) is 29.4. The van der Waals surface area contributed by atoms with Gasteiger partial charge in [0.2, 0.25) is 0 Å². The summed E-state index contributed by atoms with van der Waals surface area (Å²) in [4.78, 5) is 14.5. The van der Waals surface area contributed by atoms with Gasteiger partial charge in [-0.25, -0.2) is 4.79 Å². The highest BCUT2D eigenvalue weighted by Crippen LogP contribution is 2.40. The van der Waals surface area contributed by atoms with Crippen LogP contribution < -0.4 is 18.9 Å². The van der Waals surface area contributed by atoms with Gasteiger partial charge in [0.15, 0.2) is 23.0 Å². The molecule has 1 aliphatic heterocycles. The van der Waals surface area contributed by atoms with E-state index in [0.717, 1.165) is 27.8 Å². The molecule has 7 nitrogen and oxygen atoms in total. The van der Waals surface area contributed by atoms with Gasteiger partial charge in [0.25, 0.3) is 0 Å². The standard InChI is InChI=1S/C35H35NO6/c1-38-31-17-15-25(20-33(31)41-23-26-10-6-4-7-11-26)14-16-30-29-22-32(39-2)34(42-24-27-12-8-5-9-13-27)21-28(29)18-19-36(30)35(37)40-3/h4-17,20-22,30H,18-19,23-24H2,1-3H3/b16-14+. The number of rotatable bonds is 10. The first kappa shape index (κ1) is 28.6. The molecule has 0 aliphatic carbocycles. The smallest absolute Gasteiger partial charge is 0.410 e. The van der Waals surface area contributed by atoms with Gasteiger partial charge in [-0.3, -0.25) is 4.90 Å². The molecule has 0 saturated carbocycles. The minimum absolute atomic E-state index is 0.367. The molecule has 0 saturated heterocycles. The van der Waals surface area contributed by atoms with E-state index < -0.39 is 0 Å². The van der Waals surface area contributed by atoms with Crippen molar-refractivity contribution in [3.8, 4) is 23.0 Å². The highest BCUT2D eigenvalue weighted by molar-refractivity contribution is 5.70. The van der Waals surface area contributed by atoms with Gasteiger partial charge in [0.1, 0.15) is 13.2 Å². The molecule has 0 fully saturated rings. The summed E-state index contributed by atoms with van der Waals surface area (Å²) < 4.78 is 28.7. The Bertz CT molecular complexity index is 1520. The highest BCUT2D eigenvalue weighted by Gasteiger charge is 2.31. The first-order chi connectivity index (χ1) is 20.6. The quantitative estimate of drug-likeness (QED) is 0.202. The van der Waals surface area contributed by atoms with Crippen LogP contribution >= 0.6 is 0 Å². The van der Waals surface area contributed by atoms with E-state index in [4.69, 9.17) is 23.7 Å². The molecule has 1 unspecified atom stereocenters. The zero-order chi connectivity index (χ0) is 29.3. The van der Waals surface area contributed by atoms with Crippen LogP contribution in [0.15, 0.2) is 97.1 Å². The van der Waals surface area contributed by atoms with E-state index in [-0.39, 0.29) is 12.1 Å². The molecule has 1 amide bonds. The van der Waals surface area contributed by atoms with Gasteiger partial charge >= 0.3 is 6.09 Å². The van der Waals surface area contributed by atoms with E-state index in [1.54, 1.807) is 19.1 Å². The van der Waals surface area contributed by atoms with Crippen molar-refractivity contribution in [1.29, 1.82) is 0 Å². The third kappa shape index (κ3) is 6.69. The zero-order valence-corrected chi connectivity index (χ0v) is 24.1. The molecule has 1 aliphatic rings. The number of hydrogen-bond acceptors (Lipinski definition) is 6. The Morgan fingerprint density at radius 2 is 1.38 bits per heavy atom. The maximum absolute atomic E-state index is 12.8. The summed E-state index contributed by atoms with van der Waals surface area (Å²) >= 11 is 0. The van der Waals surface area contributed by atoms with Gasteiger partial charge in [-0.1, -0.05) is 78.9 Å². The average Bonchev–Trinajstić information content (AvgIpc) is 3.05. The van der Waals surface area contributed by atoms with Gasteiger partial charge in [0.05, 0.1) is 27.4 Å². The van der Waals surface area contributed by atoms with Crippen molar-refractivity contribution in [3.05, 3.63) is 125 Å². The summed E-state index contributed by atoms with van der Waals surface area (Å²) in [5, 5.41) is 0. The second-order valence-electron chi connectivity index (χ2n) is 9.88. The molecule has 0 spiro atoms. The predicted molar refractivity (Wildman–Crippen MR) is 162 cm³/mol. The number of carbonyl (C=O) groups excluding carboxylic acids is 1. The normalized spacial score (nSPS) is 14.3. The van der Waals surface area contributed by atoms with Crippen LogP contribution in [-0.4, -0.2) is 38.9 Å². The first-order valence-electron chi connectivity index (χ1n) is 13.8. The fraction of sp³-hybridized carbons (Fsp3) is 0.229. The fourth-order valence-electron chi connectivity index (χ4n) is 5.04. The second kappa shape index (κ2) is 13.6. The molecule has 42 heavy (non-hydrogen) atoms. The molecule has 0 bridgehead atoms. The lowest BCUT2D eigenvalue weighted by Crippen LogP contribution is -2.39. The monoisotopic (exact) mass is 565 g/mol. The molecule has 4 aromatic rings. The summed E-state index contributed by atoms with van der Waals surface area (Å²) in [5.41, 5.74) is 5.09. The van der Waals surface area contributed by atoms with Crippen LogP contribution in [0.25, 0.3) is 6.08 Å². The van der Waals surface area contributed by atoms with Crippen LogP contribution in [0.3, 0.4) is 0 Å². The molecule has 1 heterocycles. The Morgan fingerprint density at radius 1 is 0.762 bits per heavy atom. The Kier molecular flexibility index (Phi) is 9.29. The molecule has 0 aromatic heterocycles. The summed E-state index contributed by atoms with van der Waals surface area (Å²) in [5.74, 6) is 2.56. The van der Waals surface area contributed by atoms with Crippen LogP contribution in [0.2, 0.25) is 0 Å². The van der Waals surface area contributed by atoms with Gasteiger partial charge in [-0.2, -0.15) is 0 Å².